The smallest absolute Gasteiger partial charge is 0.258 e. The molecular weight excluding hydrogens is 278 g/mol. The van der Waals surface area contributed by atoms with E-state index in [1.54, 1.807) is 31.4 Å². The van der Waals surface area contributed by atoms with Gasteiger partial charge in [-0.05, 0) is 48.2 Å². The SMILES string of the molecule is COc1ccc(OCC(=O)NC2CCc3ccccc32)cc1. The summed E-state index contributed by atoms with van der Waals surface area (Å²) in [5.41, 5.74) is 2.55. The predicted molar refractivity (Wildman–Crippen MR) is 84.1 cm³/mol. The molecule has 114 valence electrons. The largest absolute Gasteiger partial charge is 0.497 e. The Morgan fingerprint density at radius 1 is 1.14 bits per heavy atom. The quantitative estimate of drug-likeness (QED) is 0.923. The van der Waals surface area contributed by atoms with Crippen molar-refractivity contribution in [2.24, 2.45) is 0 Å². The van der Waals surface area contributed by atoms with Gasteiger partial charge < -0.3 is 14.8 Å². The second kappa shape index (κ2) is 6.52. The van der Waals surface area contributed by atoms with E-state index in [9.17, 15) is 4.79 Å². The summed E-state index contributed by atoms with van der Waals surface area (Å²) in [6, 6.07) is 15.5. The Morgan fingerprint density at radius 2 is 1.86 bits per heavy atom. The molecule has 1 aliphatic rings. The molecule has 1 atom stereocenters. The maximum atomic E-state index is 12.0. The van der Waals surface area contributed by atoms with Crippen molar-refractivity contribution in [2.45, 2.75) is 18.9 Å². The van der Waals surface area contributed by atoms with Crippen LogP contribution in [0.4, 0.5) is 0 Å². The van der Waals surface area contributed by atoms with Crippen molar-refractivity contribution in [1.82, 2.24) is 5.32 Å². The first-order valence-corrected chi connectivity index (χ1v) is 7.40. The van der Waals surface area contributed by atoms with Crippen molar-refractivity contribution in [1.29, 1.82) is 0 Å². The van der Waals surface area contributed by atoms with E-state index in [2.05, 4.69) is 17.4 Å². The lowest BCUT2D eigenvalue weighted by molar-refractivity contribution is -0.123. The zero-order valence-electron chi connectivity index (χ0n) is 12.5. The molecule has 0 radical (unpaired) electrons. The molecule has 1 aliphatic carbocycles. The van der Waals surface area contributed by atoms with Gasteiger partial charge in [0, 0.05) is 0 Å². The molecule has 0 saturated carbocycles. The second-order valence-corrected chi connectivity index (χ2v) is 5.32. The summed E-state index contributed by atoms with van der Waals surface area (Å²) in [6.07, 6.45) is 1.97. The van der Waals surface area contributed by atoms with E-state index in [4.69, 9.17) is 9.47 Å². The third-order valence-electron chi connectivity index (χ3n) is 3.90. The molecule has 1 amide bonds. The minimum atomic E-state index is -0.0995. The van der Waals surface area contributed by atoms with Gasteiger partial charge >= 0.3 is 0 Å². The molecule has 0 heterocycles. The topological polar surface area (TPSA) is 47.6 Å². The molecule has 4 heteroatoms. The molecule has 2 aromatic carbocycles. The highest BCUT2D eigenvalue weighted by Crippen LogP contribution is 2.30. The third-order valence-corrected chi connectivity index (χ3v) is 3.90. The Labute approximate surface area is 130 Å². The van der Waals surface area contributed by atoms with Crippen LogP contribution in [0.5, 0.6) is 11.5 Å². The number of aryl methyl sites for hydroxylation is 1. The predicted octanol–water partition coefficient (Wildman–Crippen LogP) is 2.88. The maximum Gasteiger partial charge on any atom is 0.258 e. The lowest BCUT2D eigenvalue weighted by Crippen LogP contribution is -2.31. The van der Waals surface area contributed by atoms with Crippen LogP contribution in [-0.2, 0) is 11.2 Å². The van der Waals surface area contributed by atoms with Crippen molar-refractivity contribution in [3.8, 4) is 11.5 Å². The van der Waals surface area contributed by atoms with E-state index in [1.807, 2.05) is 12.1 Å². The van der Waals surface area contributed by atoms with E-state index in [-0.39, 0.29) is 18.6 Å². The number of nitrogens with one attached hydrogen (secondary N) is 1. The number of ether oxygens (including phenoxy) is 2. The van der Waals surface area contributed by atoms with Gasteiger partial charge in [-0.25, -0.2) is 0 Å². The van der Waals surface area contributed by atoms with Crippen LogP contribution in [-0.4, -0.2) is 19.6 Å². The van der Waals surface area contributed by atoms with Gasteiger partial charge in [0.15, 0.2) is 6.61 Å². The van der Waals surface area contributed by atoms with Gasteiger partial charge in [0.1, 0.15) is 11.5 Å². The third kappa shape index (κ3) is 3.22. The van der Waals surface area contributed by atoms with Crippen LogP contribution in [0.1, 0.15) is 23.6 Å². The van der Waals surface area contributed by atoms with Gasteiger partial charge in [0.2, 0.25) is 0 Å². The average Bonchev–Trinajstić information content (AvgIpc) is 2.97. The van der Waals surface area contributed by atoms with Crippen LogP contribution in [0.2, 0.25) is 0 Å². The summed E-state index contributed by atoms with van der Waals surface area (Å²) in [7, 11) is 1.61. The fraction of sp³-hybridized carbons (Fsp3) is 0.278. The Hall–Kier alpha value is -2.49. The second-order valence-electron chi connectivity index (χ2n) is 5.32. The fourth-order valence-corrected chi connectivity index (χ4v) is 2.76. The summed E-state index contributed by atoms with van der Waals surface area (Å²) in [4.78, 5) is 12.0. The minimum Gasteiger partial charge on any atom is -0.497 e. The van der Waals surface area contributed by atoms with Gasteiger partial charge in [-0.2, -0.15) is 0 Å². The number of hydrogen-bond acceptors (Lipinski definition) is 3. The van der Waals surface area contributed by atoms with Gasteiger partial charge in [-0.3, -0.25) is 4.79 Å². The number of benzene rings is 2. The molecule has 2 aromatic rings. The maximum absolute atomic E-state index is 12.0. The van der Waals surface area contributed by atoms with Crippen LogP contribution in [0.15, 0.2) is 48.5 Å². The Kier molecular flexibility index (Phi) is 4.28. The van der Waals surface area contributed by atoms with Crippen LogP contribution in [0.25, 0.3) is 0 Å². The number of hydrogen-bond donors (Lipinski definition) is 1. The Bertz CT molecular complexity index is 652. The zero-order valence-corrected chi connectivity index (χ0v) is 12.5. The van der Waals surface area contributed by atoms with E-state index < -0.39 is 0 Å². The van der Waals surface area contributed by atoms with Gasteiger partial charge in [0.05, 0.1) is 13.2 Å². The molecule has 0 bridgehead atoms. The Morgan fingerprint density at radius 3 is 2.64 bits per heavy atom. The highest BCUT2D eigenvalue weighted by molar-refractivity contribution is 5.78. The molecule has 1 unspecified atom stereocenters. The Balaban J connectivity index is 1.53. The van der Waals surface area contributed by atoms with Gasteiger partial charge in [-0.1, -0.05) is 24.3 Å². The molecule has 1 N–H and O–H groups in total. The van der Waals surface area contributed by atoms with Gasteiger partial charge in [0.25, 0.3) is 5.91 Å². The first-order chi connectivity index (χ1) is 10.8. The number of amides is 1. The molecule has 22 heavy (non-hydrogen) atoms. The summed E-state index contributed by atoms with van der Waals surface area (Å²) >= 11 is 0. The van der Waals surface area contributed by atoms with Crippen molar-refractivity contribution in [3.05, 3.63) is 59.7 Å². The molecular formula is C18H19NO3. The van der Waals surface area contributed by atoms with Crippen LogP contribution in [0, 0.1) is 0 Å². The number of fused-ring (bicyclic) bond motifs is 1. The summed E-state index contributed by atoms with van der Waals surface area (Å²) in [5.74, 6) is 1.32. The van der Waals surface area contributed by atoms with Crippen LogP contribution >= 0.6 is 0 Å². The van der Waals surface area contributed by atoms with Crippen LogP contribution in [0.3, 0.4) is 0 Å². The van der Waals surface area contributed by atoms with E-state index in [0.29, 0.717) is 5.75 Å². The number of carbonyl (C=O) groups is 1. The minimum absolute atomic E-state index is 0.0188. The highest BCUT2D eigenvalue weighted by atomic mass is 16.5. The summed E-state index contributed by atoms with van der Waals surface area (Å²) < 4.78 is 10.6. The van der Waals surface area contributed by atoms with E-state index in [1.165, 1.54) is 11.1 Å². The summed E-state index contributed by atoms with van der Waals surface area (Å²) in [5, 5.41) is 3.04. The highest BCUT2D eigenvalue weighted by Gasteiger charge is 2.23. The van der Waals surface area contributed by atoms with Crippen molar-refractivity contribution in [2.75, 3.05) is 13.7 Å². The molecule has 4 nitrogen and oxygen atoms in total. The first kappa shape index (κ1) is 14.4. The monoisotopic (exact) mass is 297 g/mol. The fourth-order valence-electron chi connectivity index (χ4n) is 2.76. The molecule has 0 aliphatic heterocycles. The number of carbonyl (C=O) groups excluding carboxylic acids is 1. The van der Waals surface area contributed by atoms with Crippen LogP contribution < -0.4 is 14.8 Å². The van der Waals surface area contributed by atoms with Gasteiger partial charge in [-0.15, -0.1) is 0 Å². The summed E-state index contributed by atoms with van der Waals surface area (Å²) in [6.45, 7) is 0.0188. The zero-order chi connectivity index (χ0) is 15.4. The lowest BCUT2D eigenvalue weighted by Gasteiger charge is -2.14. The standard InChI is InChI=1S/C18H19NO3/c1-21-14-7-9-15(10-8-14)22-12-18(20)19-17-11-6-13-4-2-3-5-16(13)17/h2-5,7-10,17H,6,11-12H2,1H3,(H,19,20). The average molecular weight is 297 g/mol. The molecule has 0 saturated heterocycles. The van der Waals surface area contributed by atoms with Crippen molar-refractivity contribution in [3.63, 3.8) is 0 Å². The van der Waals surface area contributed by atoms with E-state index >= 15 is 0 Å². The normalized spacial score (nSPS) is 16.0. The van der Waals surface area contributed by atoms with E-state index in [0.717, 1.165) is 18.6 Å². The molecule has 0 aromatic heterocycles. The molecule has 0 fully saturated rings. The molecule has 3 rings (SSSR count). The lowest BCUT2D eigenvalue weighted by atomic mass is 10.1. The number of rotatable bonds is 5. The van der Waals surface area contributed by atoms with Crippen molar-refractivity contribution >= 4 is 5.91 Å². The van der Waals surface area contributed by atoms with Crippen molar-refractivity contribution < 1.29 is 14.3 Å². The first-order valence-electron chi connectivity index (χ1n) is 7.40. The number of methoxy groups -OCH3 is 1. The molecule has 0 spiro atoms.